The Kier molecular flexibility index (Phi) is 4.62. The first kappa shape index (κ1) is 16.1. The van der Waals surface area contributed by atoms with Gasteiger partial charge in [-0.15, -0.1) is 5.11 Å². The fourth-order valence-corrected chi connectivity index (χ4v) is 2.25. The summed E-state index contributed by atoms with van der Waals surface area (Å²) in [7, 11) is 0. The molecule has 0 saturated carbocycles. The van der Waals surface area contributed by atoms with Gasteiger partial charge in [0.15, 0.2) is 11.5 Å². The number of nitrogen functional groups attached to an aromatic ring is 2. The second-order valence-corrected chi connectivity index (χ2v) is 5.24. The highest BCUT2D eigenvalue weighted by molar-refractivity contribution is 5.79. The highest BCUT2D eigenvalue weighted by atomic mass is 15.1. The normalized spacial score (nSPS) is 10.7. The minimum atomic E-state index is 0.183. The third kappa shape index (κ3) is 3.76. The van der Waals surface area contributed by atoms with Gasteiger partial charge in [-0.25, -0.2) is 4.98 Å². The summed E-state index contributed by atoms with van der Waals surface area (Å²) in [4.78, 5) is 8.49. The zero-order chi connectivity index (χ0) is 17.6. The molecule has 4 N–H and O–H groups in total. The van der Waals surface area contributed by atoms with E-state index >= 15 is 0 Å². The topological polar surface area (TPSA) is 126 Å². The van der Waals surface area contributed by atoms with E-state index < -0.39 is 0 Å². The Balaban J connectivity index is 1.86. The third-order valence-corrected chi connectivity index (χ3v) is 3.47. The molecule has 0 aliphatic carbocycles. The number of anilines is 2. The predicted octanol–water partition coefficient (Wildman–Crippen LogP) is 3.46. The summed E-state index contributed by atoms with van der Waals surface area (Å²) in [5.74, 6) is 0.183. The van der Waals surface area contributed by atoms with Crippen LogP contribution in [0.15, 0.2) is 65.0 Å². The number of pyridine rings is 2. The van der Waals surface area contributed by atoms with Crippen LogP contribution in [0.4, 0.5) is 17.2 Å². The van der Waals surface area contributed by atoms with Gasteiger partial charge in [0.05, 0.1) is 28.7 Å². The number of aromatic nitrogens is 2. The van der Waals surface area contributed by atoms with Crippen LogP contribution in [0, 0.1) is 11.3 Å². The van der Waals surface area contributed by atoms with E-state index in [9.17, 15) is 0 Å². The molecule has 7 heteroatoms. The number of benzene rings is 1. The average molecular weight is 329 g/mol. The quantitative estimate of drug-likeness (QED) is 0.709. The molecule has 0 fully saturated rings. The third-order valence-electron chi connectivity index (χ3n) is 3.47. The van der Waals surface area contributed by atoms with Crippen molar-refractivity contribution in [2.24, 2.45) is 10.2 Å². The number of hydrogen-bond acceptors (Lipinski definition) is 7. The minimum Gasteiger partial charge on any atom is -0.397 e. The number of hydrogen-bond donors (Lipinski definition) is 2. The maximum Gasteiger partial charge on any atom is 0.154 e. The molecule has 0 atom stereocenters. The predicted molar refractivity (Wildman–Crippen MR) is 95.7 cm³/mol. The largest absolute Gasteiger partial charge is 0.397 e. The molecular formula is C18H15N7. The van der Waals surface area contributed by atoms with Gasteiger partial charge in [-0.05, 0) is 30.3 Å². The molecule has 3 aromatic rings. The van der Waals surface area contributed by atoms with Crippen molar-refractivity contribution in [2.75, 3.05) is 11.5 Å². The molecule has 0 saturated heterocycles. The monoisotopic (exact) mass is 329 g/mol. The van der Waals surface area contributed by atoms with Crippen LogP contribution in [0.25, 0.3) is 11.3 Å². The summed E-state index contributed by atoms with van der Waals surface area (Å²) >= 11 is 0. The minimum absolute atomic E-state index is 0.183. The fourth-order valence-electron chi connectivity index (χ4n) is 2.25. The van der Waals surface area contributed by atoms with Crippen molar-refractivity contribution in [1.82, 2.24) is 9.97 Å². The van der Waals surface area contributed by atoms with Crippen LogP contribution >= 0.6 is 0 Å². The summed E-state index contributed by atoms with van der Waals surface area (Å²) in [6.07, 6.45) is 1.69. The Labute approximate surface area is 144 Å². The zero-order valence-corrected chi connectivity index (χ0v) is 13.3. The summed E-state index contributed by atoms with van der Waals surface area (Å²) < 4.78 is 0. The van der Waals surface area contributed by atoms with Gasteiger partial charge in [-0.1, -0.05) is 18.2 Å². The van der Waals surface area contributed by atoms with Gasteiger partial charge in [-0.3, -0.25) is 4.98 Å². The molecule has 0 spiro atoms. The molecule has 3 rings (SSSR count). The lowest BCUT2D eigenvalue weighted by Crippen LogP contribution is -1.98. The zero-order valence-electron chi connectivity index (χ0n) is 13.3. The van der Waals surface area contributed by atoms with Crippen LogP contribution in [0.2, 0.25) is 0 Å². The Morgan fingerprint density at radius 3 is 2.68 bits per heavy atom. The van der Waals surface area contributed by atoms with Crippen LogP contribution in [-0.4, -0.2) is 9.97 Å². The lowest BCUT2D eigenvalue weighted by Gasteiger charge is -2.07. The molecule has 122 valence electrons. The van der Waals surface area contributed by atoms with Crippen molar-refractivity contribution in [1.29, 1.82) is 5.26 Å². The molecule has 25 heavy (non-hydrogen) atoms. The number of rotatable bonds is 4. The molecule has 0 aliphatic rings. The maximum atomic E-state index is 9.00. The highest BCUT2D eigenvalue weighted by Gasteiger charge is 2.10. The first-order chi connectivity index (χ1) is 12.2. The van der Waals surface area contributed by atoms with Crippen molar-refractivity contribution in [3.63, 3.8) is 0 Å². The van der Waals surface area contributed by atoms with Crippen molar-refractivity contribution < 1.29 is 0 Å². The van der Waals surface area contributed by atoms with Crippen LogP contribution < -0.4 is 11.5 Å². The van der Waals surface area contributed by atoms with Gasteiger partial charge < -0.3 is 11.5 Å². The van der Waals surface area contributed by atoms with Crippen LogP contribution in [0.1, 0.15) is 11.3 Å². The number of azo groups is 1. The van der Waals surface area contributed by atoms with E-state index in [4.69, 9.17) is 16.7 Å². The van der Waals surface area contributed by atoms with E-state index in [0.29, 0.717) is 29.2 Å². The van der Waals surface area contributed by atoms with E-state index in [0.717, 1.165) is 11.3 Å². The summed E-state index contributed by atoms with van der Waals surface area (Å²) in [5, 5.41) is 17.2. The molecule has 2 heterocycles. The first-order valence-electron chi connectivity index (χ1n) is 7.51. The second-order valence-electron chi connectivity index (χ2n) is 5.24. The molecule has 7 nitrogen and oxygen atoms in total. The lowest BCUT2D eigenvalue weighted by atomic mass is 10.1. The lowest BCUT2D eigenvalue weighted by molar-refractivity contribution is 0.914. The molecule has 0 radical (unpaired) electrons. The molecule has 1 aromatic carbocycles. The molecule has 2 aromatic heterocycles. The van der Waals surface area contributed by atoms with Crippen LogP contribution in [-0.2, 0) is 6.54 Å². The van der Waals surface area contributed by atoms with Gasteiger partial charge in [0.1, 0.15) is 6.54 Å². The Hall–Kier alpha value is -3.79. The van der Waals surface area contributed by atoms with Crippen molar-refractivity contribution in [3.05, 3.63) is 66.0 Å². The van der Waals surface area contributed by atoms with E-state index in [1.54, 1.807) is 30.5 Å². The summed E-state index contributed by atoms with van der Waals surface area (Å²) in [5.41, 5.74) is 15.4. The van der Waals surface area contributed by atoms with Gasteiger partial charge in [-0.2, -0.15) is 10.4 Å². The van der Waals surface area contributed by atoms with Crippen LogP contribution in [0.3, 0.4) is 0 Å². The van der Waals surface area contributed by atoms with E-state index in [2.05, 4.69) is 26.3 Å². The van der Waals surface area contributed by atoms with Gasteiger partial charge in [0.25, 0.3) is 0 Å². The summed E-state index contributed by atoms with van der Waals surface area (Å²) in [6, 6.07) is 16.4. The fraction of sp³-hybridized carbons (Fsp3) is 0.0556. The van der Waals surface area contributed by atoms with Gasteiger partial charge in [0, 0.05) is 11.8 Å². The van der Waals surface area contributed by atoms with Crippen LogP contribution in [0.5, 0.6) is 0 Å². The number of nitrogens with two attached hydrogens (primary N) is 2. The molecule has 0 amide bonds. The van der Waals surface area contributed by atoms with Gasteiger partial charge >= 0.3 is 0 Å². The average Bonchev–Trinajstić information content (AvgIpc) is 2.64. The van der Waals surface area contributed by atoms with Crippen molar-refractivity contribution in [3.8, 4) is 17.3 Å². The Morgan fingerprint density at radius 2 is 1.96 bits per heavy atom. The SMILES string of the molecule is N#Cc1cccc(-c2cc(N)c(N=NCc3ccccn3)c(N)n2)c1. The summed E-state index contributed by atoms with van der Waals surface area (Å²) in [6.45, 7) is 0.325. The molecule has 0 bridgehead atoms. The van der Waals surface area contributed by atoms with E-state index in [-0.39, 0.29) is 5.82 Å². The molecular weight excluding hydrogens is 314 g/mol. The molecule has 0 aliphatic heterocycles. The van der Waals surface area contributed by atoms with E-state index in [1.165, 1.54) is 0 Å². The Bertz CT molecular complexity index is 936. The van der Waals surface area contributed by atoms with Crippen molar-refractivity contribution in [2.45, 2.75) is 6.54 Å². The van der Waals surface area contributed by atoms with E-state index in [1.807, 2.05) is 24.3 Å². The first-order valence-corrected chi connectivity index (χ1v) is 7.51. The Morgan fingerprint density at radius 1 is 1.08 bits per heavy atom. The van der Waals surface area contributed by atoms with Gasteiger partial charge in [0.2, 0.25) is 0 Å². The standard InChI is InChI=1S/C18H15N7/c19-10-12-4-3-5-13(8-12)16-9-15(20)17(18(21)24-16)25-23-11-14-6-1-2-7-22-14/h1-9H,11H2,(H4,20,21,24). The number of nitrogens with zero attached hydrogens (tertiary/aromatic N) is 5. The molecule has 0 unspecified atom stereocenters. The smallest absolute Gasteiger partial charge is 0.154 e. The number of nitriles is 1. The maximum absolute atomic E-state index is 9.00. The highest BCUT2D eigenvalue weighted by Crippen LogP contribution is 2.32. The second kappa shape index (κ2) is 7.19. The van der Waals surface area contributed by atoms with Crippen molar-refractivity contribution >= 4 is 17.2 Å².